The molecule has 2 aliphatic rings. The van der Waals surface area contributed by atoms with Crippen LogP contribution in [-0.2, 0) is 0 Å². The zero-order valence-corrected chi connectivity index (χ0v) is 12.4. The van der Waals surface area contributed by atoms with Gasteiger partial charge >= 0.3 is 0 Å². The highest BCUT2D eigenvalue weighted by atomic mass is 35.5. The molecule has 3 heterocycles. The van der Waals surface area contributed by atoms with Crippen molar-refractivity contribution in [2.45, 2.75) is 18.8 Å². The molecule has 6 heteroatoms. The maximum absolute atomic E-state index is 6.44. The number of hydrogen-bond donors (Lipinski definition) is 0. The van der Waals surface area contributed by atoms with E-state index in [1.54, 1.807) is 29.9 Å². The molecule has 3 aromatic rings. The Hall–Kier alpha value is -1.85. The van der Waals surface area contributed by atoms with Crippen molar-refractivity contribution in [2.75, 3.05) is 0 Å². The molecule has 0 amide bonds. The first kappa shape index (κ1) is 11.8. The van der Waals surface area contributed by atoms with E-state index in [4.69, 9.17) is 11.6 Å². The van der Waals surface area contributed by atoms with Crippen molar-refractivity contribution in [2.24, 2.45) is 0 Å². The van der Waals surface area contributed by atoms with E-state index in [9.17, 15) is 0 Å². The van der Waals surface area contributed by atoms with Crippen LogP contribution in [0.4, 0.5) is 0 Å². The summed E-state index contributed by atoms with van der Waals surface area (Å²) in [4.78, 5) is 19.8. The van der Waals surface area contributed by atoms with Gasteiger partial charge in [-0.25, -0.2) is 15.0 Å². The van der Waals surface area contributed by atoms with E-state index in [-0.39, 0.29) is 0 Å². The standard InChI is InChI=1S/C15H9ClN4S/c16-13-11-10-7-2-1-3-8(7)12(10)21-15(11)20-14(19-13)9-6-17-4-5-18-9/h2,4-6,8H,1,3H2. The Morgan fingerprint density at radius 3 is 3.05 bits per heavy atom. The molecule has 1 atom stereocenters. The van der Waals surface area contributed by atoms with Gasteiger partial charge in [-0.05, 0) is 18.4 Å². The summed E-state index contributed by atoms with van der Waals surface area (Å²) in [6.45, 7) is 0. The largest absolute Gasteiger partial charge is 0.261 e. The maximum Gasteiger partial charge on any atom is 0.182 e. The molecule has 0 saturated heterocycles. The first-order chi connectivity index (χ1) is 10.3. The number of fused-ring (bicyclic) bond motifs is 6. The first-order valence-electron chi connectivity index (χ1n) is 6.79. The van der Waals surface area contributed by atoms with Crippen molar-refractivity contribution in [3.63, 3.8) is 0 Å². The molecule has 102 valence electrons. The van der Waals surface area contributed by atoms with Crippen LogP contribution in [0.3, 0.4) is 0 Å². The monoisotopic (exact) mass is 312 g/mol. The number of rotatable bonds is 1. The fourth-order valence-corrected chi connectivity index (χ4v) is 4.88. The number of allylic oxidation sites excluding steroid dienone is 2. The van der Waals surface area contributed by atoms with E-state index in [1.165, 1.54) is 28.9 Å². The molecule has 0 fully saturated rings. The van der Waals surface area contributed by atoms with Crippen molar-refractivity contribution in [3.05, 3.63) is 40.3 Å². The zero-order chi connectivity index (χ0) is 14.0. The van der Waals surface area contributed by atoms with Crippen LogP contribution in [0.25, 0.3) is 27.3 Å². The van der Waals surface area contributed by atoms with E-state index in [0.717, 1.165) is 10.2 Å². The van der Waals surface area contributed by atoms with Gasteiger partial charge in [0.2, 0.25) is 0 Å². The lowest BCUT2D eigenvalue weighted by molar-refractivity contribution is 0.797. The molecule has 2 aliphatic carbocycles. The van der Waals surface area contributed by atoms with Crippen LogP contribution >= 0.6 is 22.9 Å². The predicted octanol–water partition coefficient (Wildman–Crippen LogP) is 4.08. The van der Waals surface area contributed by atoms with Gasteiger partial charge in [-0.3, -0.25) is 4.98 Å². The van der Waals surface area contributed by atoms with Crippen molar-refractivity contribution < 1.29 is 0 Å². The average Bonchev–Trinajstić information content (AvgIpc) is 3.05. The summed E-state index contributed by atoms with van der Waals surface area (Å²) in [7, 11) is 0. The molecule has 21 heavy (non-hydrogen) atoms. The topological polar surface area (TPSA) is 51.6 Å². The Morgan fingerprint density at radius 2 is 2.19 bits per heavy atom. The van der Waals surface area contributed by atoms with Crippen LogP contribution in [0.2, 0.25) is 5.15 Å². The molecule has 0 spiro atoms. The highest BCUT2D eigenvalue weighted by molar-refractivity contribution is 7.19. The van der Waals surface area contributed by atoms with Crippen LogP contribution < -0.4 is 0 Å². The summed E-state index contributed by atoms with van der Waals surface area (Å²) in [5.74, 6) is 1.15. The number of thiophene rings is 1. The second-order valence-electron chi connectivity index (χ2n) is 5.24. The summed E-state index contributed by atoms with van der Waals surface area (Å²) in [6.07, 6.45) is 9.63. The molecular formula is C15H9ClN4S. The highest BCUT2D eigenvalue weighted by Gasteiger charge is 2.39. The van der Waals surface area contributed by atoms with Gasteiger partial charge in [-0.1, -0.05) is 17.7 Å². The Kier molecular flexibility index (Phi) is 2.29. The quantitative estimate of drug-likeness (QED) is 0.635. The molecule has 0 saturated carbocycles. The van der Waals surface area contributed by atoms with E-state index in [0.29, 0.717) is 22.6 Å². The van der Waals surface area contributed by atoms with Crippen molar-refractivity contribution in [3.8, 4) is 11.5 Å². The zero-order valence-electron chi connectivity index (χ0n) is 10.9. The summed E-state index contributed by atoms with van der Waals surface area (Å²) in [6, 6.07) is 0. The Bertz CT molecular complexity index is 916. The van der Waals surface area contributed by atoms with Crippen molar-refractivity contribution in [1.29, 1.82) is 0 Å². The number of halogens is 1. The molecule has 4 nitrogen and oxygen atoms in total. The van der Waals surface area contributed by atoms with Gasteiger partial charge in [0, 0.05) is 28.8 Å². The number of hydrogen-bond acceptors (Lipinski definition) is 5. The Morgan fingerprint density at radius 1 is 1.24 bits per heavy atom. The van der Waals surface area contributed by atoms with Gasteiger partial charge in [0.25, 0.3) is 0 Å². The lowest BCUT2D eigenvalue weighted by Gasteiger charge is -2.25. The summed E-state index contributed by atoms with van der Waals surface area (Å²) < 4.78 is 0. The van der Waals surface area contributed by atoms with Crippen LogP contribution in [0.15, 0.2) is 24.7 Å². The number of nitrogens with zero attached hydrogens (tertiary/aromatic N) is 4. The van der Waals surface area contributed by atoms with E-state index < -0.39 is 0 Å². The predicted molar refractivity (Wildman–Crippen MR) is 83.4 cm³/mol. The molecule has 0 aliphatic heterocycles. The fourth-order valence-electron chi connectivity index (χ4n) is 3.21. The molecule has 0 N–H and O–H groups in total. The van der Waals surface area contributed by atoms with E-state index in [2.05, 4.69) is 26.0 Å². The lowest BCUT2D eigenvalue weighted by Crippen LogP contribution is -2.08. The number of aromatic nitrogens is 4. The van der Waals surface area contributed by atoms with Gasteiger partial charge < -0.3 is 0 Å². The Labute approximate surface area is 129 Å². The molecule has 0 bridgehead atoms. The summed E-state index contributed by atoms with van der Waals surface area (Å²) in [5.41, 5.74) is 3.37. The minimum atomic E-state index is 0.518. The molecular weight excluding hydrogens is 304 g/mol. The normalized spacial score (nSPS) is 19.1. The summed E-state index contributed by atoms with van der Waals surface area (Å²) >= 11 is 8.18. The second-order valence-corrected chi connectivity index (χ2v) is 6.63. The van der Waals surface area contributed by atoms with Gasteiger partial charge in [0.1, 0.15) is 15.7 Å². The SMILES string of the molecule is Clc1nc(-c2cnccn2)nc2sc3c(c12)C1=CCCC13. The first-order valence-corrected chi connectivity index (χ1v) is 7.99. The highest BCUT2D eigenvalue weighted by Crippen LogP contribution is 2.59. The third-order valence-electron chi connectivity index (χ3n) is 4.13. The van der Waals surface area contributed by atoms with Crippen LogP contribution in [0.1, 0.15) is 29.2 Å². The third kappa shape index (κ3) is 1.50. The molecule has 0 aromatic carbocycles. The van der Waals surface area contributed by atoms with E-state index >= 15 is 0 Å². The van der Waals surface area contributed by atoms with Gasteiger partial charge in [-0.15, -0.1) is 11.3 Å². The van der Waals surface area contributed by atoms with E-state index in [1.807, 2.05) is 0 Å². The molecule has 0 radical (unpaired) electrons. The smallest absolute Gasteiger partial charge is 0.182 e. The minimum absolute atomic E-state index is 0.518. The van der Waals surface area contributed by atoms with Crippen LogP contribution in [0.5, 0.6) is 0 Å². The molecule has 1 unspecified atom stereocenters. The lowest BCUT2D eigenvalue weighted by atomic mass is 9.80. The second kappa shape index (κ2) is 4.08. The molecule has 5 rings (SSSR count). The fraction of sp³-hybridized carbons (Fsp3) is 0.200. The van der Waals surface area contributed by atoms with Gasteiger partial charge in [0.15, 0.2) is 5.82 Å². The minimum Gasteiger partial charge on any atom is -0.261 e. The average molecular weight is 313 g/mol. The maximum atomic E-state index is 6.44. The van der Waals surface area contributed by atoms with Crippen LogP contribution in [-0.4, -0.2) is 19.9 Å². The summed E-state index contributed by atoms with van der Waals surface area (Å²) in [5, 5.41) is 1.53. The molecule has 3 aromatic heterocycles. The van der Waals surface area contributed by atoms with Crippen molar-refractivity contribution >= 4 is 38.7 Å². The van der Waals surface area contributed by atoms with Gasteiger partial charge in [-0.2, -0.15) is 0 Å². The third-order valence-corrected chi connectivity index (χ3v) is 5.60. The van der Waals surface area contributed by atoms with Gasteiger partial charge in [0.05, 0.1) is 11.6 Å². The Balaban J connectivity index is 1.77. The van der Waals surface area contributed by atoms with Crippen molar-refractivity contribution in [1.82, 2.24) is 19.9 Å². The van der Waals surface area contributed by atoms with Crippen LogP contribution in [0, 0.1) is 0 Å².